The van der Waals surface area contributed by atoms with E-state index in [1.54, 1.807) is 18.7 Å². The summed E-state index contributed by atoms with van der Waals surface area (Å²) >= 11 is 0. The summed E-state index contributed by atoms with van der Waals surface area (Å²) in [6.07, 6.45) is 1.02. The van der Waals surface area contributed by atoms with Crippen molar-refractivity contribution in [2.75, 3.05) is 19.7 Å². The number of esters is 1. The monoisotopic (exact) mass is 407 g/mol. The highest BCUT2D eigenvalue weighted by atomic mass is 19.1. The topological polar surface area (TPSA) is 85.5 Å². The van der Waals surface area contributed by atoms with Crippen LogP contribution in [0.1, 0.15) is 36.7 Å². The van der Waals surface area contributed by atoms with Gasteiger partial charge in [0.2, 0.25) is 5.91 Å². The van der Waals surface area contributed by atoms with Crippen LogP contribution in [0, 0.1) is 24.0 Å². The molecule has 0 unspecified atom stereocenters. The number of hydrogen-bond acceptors (Lipinski definition) is 6. The summed E-state index contributed by atoms with van der Waals surface area (Å²) in [7, 11) is 0. The maximum Gasteiger partial charge on any atom is 0.314 e. The Morgan fingerprint density at radius 2 is 2.10 bits per heavy atom. The Labute approximate surface area is 167 Å². The quantitative estimate of drug-likeness (QED) is 0.685. The number of amides is 1. The fourth-order valence-corrected chi connectivity index (χ4v) is 3.71. The van der Waals surface area contributed by atoms with Crippen molar-refractivity contribution in [2.45, 2.75) is 39.5 Å². The van der Waals surface area contributed by atoms with Gasteiger partial charge in [0, 0.05) is 19.2 Å². The minimum atomic E-state index is -1.10. The third-order valence-corrected chi connectivity index (χ3v) is 5.25. The van der Waals surface area contributed by atoms with E-state index >= 15 is 0 Å². The molecule has 1 aliphatic rings. The first kappa shape index (κ1) is 20.9. The van der Waals surface area contributed by atoms with E-state index < -0.39 is 23.0 Å². The maximum absolute atomic E-state index is 14.3. The zero-order valence-corrected chi connectivity index (χ0v) is 16.4. The molecule has 9 heteroatoms. The van der Waals surface area contributed by atoms with Crippen LogP contribution in [0.2, 0.25) is 0 Å². The van der Waals surface area contributed by atoms with Crippen LogP contribution in [0.4, 0.5) is 8.78 Å². The molecule has 7 nitrogen and oxygen atoms in total. The summed E-state index contributed by atoms with van der Waals surface area (Å²) in [6, 6.07) is 3.28. The number of ether oxygens (including phenoxy) is 1. The maximum atomic E-state index is 14.3. The molecule has 1 aliphatic heterocycles. The van der Waals surface area contributed by atoms with Gasteiger partial charge in [0.25, 0.3) is 0 Å². The number of carbonyl (C=O) groups excluding carboxylic acids is 2. The first-order valence-corrected chi connectivity index (χ1v) is 9.51. The van der Waals surface area contributed by atoms with Gasteiger partial charge in [-0.15, -0.1) is 0 Å². The lowest BCUT2D eigenvalue weighted by Gasteiger charge is -2.41. The zero-order chi connectivity index (χ0) is 21.0. The highest BCUT2D eigenvalue weighted by molar-refractivity contribution is 5.82. The normalized spacial score (nSPS) is 19.2. The first-order chi connectivity index (χ1) is 13.8. The summed E-state index contributed by atoms with van der Waals surface area (Å²) in [5.74, 6) is -2.12. The zero-order valence-electron chi connectivity index (χ0n) is 16.4. The fourth-order valence-electron chi connectivity index (χ4n) is 3.71. The summed E-state index contributed by atoms with van der Waals surface area (Å²) in [5.41, 5.74) is 0.0808. The van der Waals surface area contributed by atoms with Crippen molar-refractivity contribution in [3.05, 3.63) is 46.8 Å². The van der Waals surface area contributed by atoms with E-state index in [9.17, 15) is 18.4 Å². The van der Waals surface area contributed by atoms with E-state index in [0.29, 0.717) is 30.8 Å². The molecule has 3 rings (SSSR count). The van der Waals surface area contributed by atoms with Gasteiger partial charge in [-0.25, -0.2) is 13.4 Å². The van der Waals surface area contributed by atoms with E-state index in [4.69, 9.17) is 4.74 Å². The lowest BCUT2D eigenvalue weighted by atomic mass is 9.74. The van der Waals surface area contributed by atoms with Crippen molar-refractivity contribution in [1.82, 2.24) is 15.2 Å². The van der Waals surface area contributed by atoms with Crippen LogP contribution in [-0.4, -0.2) is 46.8 Å². The predicted octanol–water partition coefficient (Wildman–Crippen LogP) is 2.61. The second-order valence-corrected chi connectivity index (χ2v) is 7.31. The Morgan fingerprint density at radius 1 is 1.31 bits per heavy atom. The van der Waals surface area contributed by atoms with Gasteiger partial charge in [-0.3, -0.25) is 9.59 Å². The van der Waals surface area contributed by atoms with Gasteiger partial charge in [-0.2, -0.15) is 0 Å². The highest BCUT2D eigenvalue weighted by Crippen LogP contribution is 2.36. The molecule has 1 amide bonds. The molecular formula is C20H23F2N3O4. The summed E-state index contributed by atoms with van der Waals surface area (Å²) in [6.45, 7) is 4.11. The molecule has 1 aromatic heterocycles. The molecule has 1 saturated heterocycles. The van der Waals surface area contributed by atoms with Gasteiger partial charge >= 0.3 is 5.97 Å². The van der Waals surface area contributed by atoms with Crippen LogP contribution in [0.15, 0.2) is 22.8 Å². The van der Waals surface area contributed by atoms with Gasteiger partial charge < -0.3 is 9.64 Å². The van der Waals surface area contributed by atoms with Crippen molar-refractivity contribution >= 4 is 11.9 Å². The number of aryl methyl sites for hydroxylation is 1. The Hall–Kier alpha value is -2.84. The van der Waals surface area contributed by atoms with Crippen LogP contribution in [0.3, 0.4) is 0 Å². The number of rotatable bonds is 6. The number of carbonyl (C=O) groups is 2. The van der Waals surface area contributed by atoms with Crippen LogP contribution in [-0.2, 0) is 27.2 Å². The van der Waals surface area contributed by atoms with Gasteiger partial charge in [0.05, 0.1) is 18.4 Å². The van der Waals surface area contributed by atoms with Crippen LogP contribution >= 0.6 is 0 Å². The SMILES string of the molecule is CCOC(=O)[C@]1(Cc2ccc(F)cc2F)CCCN(C(=O)Cc2nonc2C)C1. The van der Waals surface area contributed by atoms with Crippen LogP contribution in [0.5, 0.6) is 0 Å². The van der Waals surface area contributed by atoms with E-state index in [0.717, 1.165) is 12.1 Å². The van der Waals surface area contributed by atoms with Gasteiger partial charge in [0.15, 0.2) is 0 Å². The lowest BCUT2D eigenvalue weighted by molar-refractivity contribution is -0.160. The average molecular weight is 407 g/mol. The molecule has 0 saturated carbocycles. The Balaban J connectivity index is 1.84. The van der Waals surface area contributed by atoms with E-state index in [1.165, 1.54) is 6.07 Å². The molecule has 0 radical (unpaired) electrons. The third-order valence-electron chi connectivity index (χ3n) is 5.25. The van der Waals surface area contributed by atoms with Crippen molar-refractivity contribution in [3.63, 3.8) is 0 Å². The van der Waals surface area contributed by atoms with Crippen LogP contribution < -0.4 is 0 Å². The number of hydrogen-bond donors (Lipinski definition) is 0. The summed E-state index contributed by atoms with van der Waals surface area (Å²) in [4.78, 5) is 27.2. The van der Waals surface area contributed by atoms with Crippen molar-refractivity contribution < 1.29 is 27.7 Å². The van der Waals surface area contributed by atoms with Crippen molar-refractivity contribution in [2.24, 2.45) is 5.41 Å². The molecule has 2 heterocycles. The van der Waals surface area contributed by atoms with Gasteiger partial charge in [-0.1, -0.05) is 16.4 Å². The molecule has 0 N–H and O–H groups in total. The Morgan fingerprint density at radius 3 is 2.76 bits per heavy atom. The predicted molar refractivity (Wildman–Crippen MR) is 97.7 cm³/mol. The van der Waals surface area contributed by atoms with Gasteiger partial charge in [-0.05, 0) is 44.7 Å². The Kier molecular flexibility index (Phi) is 6.24. The minimum Gasteiger partial charge on any atom is -0.466 e. The first-order valence-electron chi connectivity index (χ1n) is 9.51. The number of nitrogens with zero attached hydrogens (tertiary/aromatic N) is 3. The molecular weight excluding hydrogens is 384 g/mol. The van der Waals surface area contributed by atoms with E-state index in [2.05, 4.69) is 14.9 Å². The highest BCUT2D eigenvalue weighted by Gasteiger charge is 2.45. The molecule has 1 aromatic carbocycles. The standard InChI is InChI=1S/C20H23F2N3O4/c1-3-28-19(27)20(11-14-5-6-15(21)9-16(14)22)7-4-8-25(12-20)18(26)10-17-13(2)23-29-24-17/h5-6,9H,3-4,7-8,10-12H2,1-2H3/t20-/m0/s1. The largest absolute Gasteiger partial charge is 0.466 e. The third kappa shape index (κ3) is 4.60. The number of benzene rings is 1. The molecule has 1 fully saturated rings. The number of aromatic nitrogens is 2. The van der Waals surface area contributed by atoms with E-state index in [1.807, 2.05) is 0 Å². The molecule has 0 spiro atoms. The number of halogens is 2. The lowest BCUT2D eigenvalue weighted by Crippen LogP contribution is -2.52. The fraction of sp³-hybridized carbons (Fsp3) is 0.500. The molecule has 0 aliphatic carbocycles. The van der Waals surface area contributed by atoms with E-state index in [-0.39, 0.29) is 37.5 Å². The average Bonchev–Trinajstić information content (AvgIpc) is 3.09. The molecule has 0 bridgehead atoms. The van der Waals surface area contributed by atoms with Crippen molar-refractivity contribution in [1.29, 1.82) is 0 Å². The Bertz CT molecular complexity index is 902. The number of likely N-dealkylation sites (tertiary alicyclic amines) is 1. The molecule has 1 atom stereocenters. The summed E-state index contributed by atoms with van der Waals surface area (Å²) in [5, 5.41) is 7.39. The second kappa shape index (κ2) is 8.67. The summed E-state index contributed by atoms with van der Waals surface area (Å²) < 4.78 is 37.4. The molecule has 29 heavy (non-hydrogen) atoms. The smallest absolute Gasteiger partial charge is 0.314 e. The minimum absolute atomic E-state index is 0.000845. The van der Waals surface area contributed by atoms with Gasteiger partial charge in [0.1, 0.15) is 23.0 Å². The number of piperidine rings is 1. The van der Waals surface area contributed by atoms with Crippen LogP contribution in [0.25, 0.3) is 0 Å². The van der Waals surface area contributed by atoms with Crippen molar-refractivity contribution in [3.8, 4) is 0 Å². The second-order valence-electron chi connectivity index (χ2n) is 7.31. The molecule has 2 aromatic rings. The molecule has 156 valence electrons.